The molecule has 0 aliphatic carbocycles. The lowest BCUT2D eigenvalue weighted by molar-refractivity contribution is -0.120. The monoisotopic (exact) mass is 356 g/mol. The standard InChI is InChI=1S/C15H11Cl3N2O2/c16-12-5-6-13(17)15(18)11(12)8-19-20-14(22)7-9-1-3-10(21)4-2-9/h1-6,8,21H,7H2,(H,20,22)/b19-8-. The first-order valence-electron chi connectivity index (χ1n) is 6.20. The lowest BCUT2D eigenvalue weighted by Gasteiger charge is -2.04. The van der Waals surface area contributed by atoms with Crippen molar-refractivity contribution in [3.05, 3.63) is 62.6 Å². The molecule has 114 valence electrons. The Balaban J connectivity index is 1.99. The van der Waals surface area contributed by atoms with Crippen LogP contribution in [0, 0.1) is 0 Å². The fraction of sp³-hybridized carbons (Fsp3) is 0.0667. The molecule has 0 saturated carbocycles. The quantitative estimate of drug-likeness (QED) is 0.493. The lowest BCUT2D eigenvalue weighted by Crippen LogP contribution is -2.19. The van der Waals surface area contributed by atoms with Crippen molar-refractivity contribution in [1.82, 2.24) is 5.43 Å². The SMILES string of the molecule is O=C(Cc1ccc(O)cc1)N/N=C\c1c(Cl)ccc(Cl)c1Cl. The number of halogens is 3. The van der Waals surface area contributed by atoms with Gasteiger partial charge < -0.3 is 5.11 Å². The van der Waals surface area contributed by atoms with Gasteiger partial charge >= 0.3 is 0 Å². The van der Waals surface area contributed by atoms with Gasteiger partial charge in [0.1, 0.15) is 5.75 Å². The fourth-order valence-electron chi connectivity index (χ4n) is 1.67. The number of carbonyl (C=O) groups excluding carboxylic acids is 1. The van der Waals surface area contributed by atoms with E-state index in [4.69, 9.17) is 34.8 Å². The Morgan fingerprint density at radius 3 is 2.41 bits per heavy atom. The smallest absolute Gasteiger partial charge is 0.244 e. The average molecular weight is 358 g/mol. The molecular formula is C15H11Cl3N2O2. The largest absolute Gasteiger partial charge is 0.508 e. The summed E-state index contributed by atoms with van der Waals surface area (Å²) < 4.78 is 0. The maximum absolute atomic E-state index is 11.7. The Hall–Kier alpha value is -1.75. The van der Waals surface area contributed by atoms with E-state index in [1.165, 1.54) is 18.3 Å². The van der Waals surface area contributed by atoms with Crippen LogP contribution in [0.5, 0.6) is 5.75 Å². The van der Waals surface area contributed by atoms with Crippen LogP contribution < -0.4 is 5.43 Å². The number of benzene rings is 2. The number of aromatic hydroxyl groups is 1. The van der Waals surface area contributed by atoms with Crippen LogP contribution in [-0.2, 0) is 11.2 Å². The molecule has 7 heteroatoms. The molecule has 4 nitrogen and oxygen atoms in total. The van der Waals surface area contributed by atoms with E-state index in [0.717, 1.165) is 5.56 Å². The van der Waals surface area contributed by atoms with Gasteiger partial charge in [-0.05, 0) is 29.8 Å². The van der Waals surface area contributed by atoms with Gasteiger partial charge in [0.2, 0.25) is 5.91 Å². The predicted octanol–water partition coefficient (Wildman–Crippen LogP) is 4.05. The summed E-state index contributed by atoms with van der Waals surface area (Å²) in [6, 6.07) is 9.50. The minimum absolute atomic E-state index is 0.134. The van der Waals surface area contributed by atoms with Gasteiger partial charge in [-0.2, -0.15) is 5.10 Å². The molecule has 0 spiro atoms. The average Bonchev–Trinajstić information content (AvgIpc) is 2.49. The minimum atomic E-state index is -0.309. The first-order chi connectivity index (χ1) is 10.5. The van der Waals surface area contributed by atoms with Gasteiger partial charge in [0.15, 0.2) is 0 Å². The number of phenols is 1. The van der Waals surface area contributed by atoms with Crippen molar-refractivity contribution in [2.45, 2.75) is 6.42 Å². The number of carbonyl (C=O) groups is 1. The molecule has 0 unspecified atom stereocenters. The molecule has 0 aliphatic heterocycles. The van der Waals surface area contributed by atoms with E-state index < -0.39 is 0 Å². The summed E-state index contributed by atoms with van der Waals surface area (Å²) in [6.45, 7) is 0. The maximum atomic E-state index is 11.7. The van der Waals surface area contributed by atoms with E-state index in [-0.39, 0.29) is 23.1 Å². The first kappa shape index (κ1) is 16.6. The van der Waals surface area contributed by atoms with Crippen LogP contribution in [0.4, 0.5) is 0 Å². The number of rotatable bonds is 4. The number of hydrazone groups is 1. The highest BCUT2D eigenvalue weighted by atomic mass is 35.5. The fourth-order valence-corrected chi connectivity index (χ4v) is 2.30. The van der Waals surface area contributed by atoms with Crippen LogP contribution in [0.25, 0.3) is 0 Å². The highest BCUT2D eigenvalue weighted by molar-refractivity contribution is 6.45. The molecule has 0 aliphatic rings. The number of nitrogens with zero attached hydrogens (tertiary/aromatic N) is 1. The molecular weight excluding hydrogens is 347 g/mol. The van der Waals surface area contributed by atoms with Crippen molar-refractivity contribution in [1.29, 1.82) is 0 Å². The molecule has 22 heavy (non-hydrogen) atoms. The number of phenolic OH excluding ortho intramolecular Hbond substituents is 1. The molecule has 0 saturated heterocycles. The predicted molar refractivity (Wildman–Crippen MR) is 89.0 cm³/mol. The van der Waals surface area contributed by atoms with E-state index in [0.29, 0.717) is 15.6 Å². The van der Waals surface area contributed by atoms with Crippen molar-refractivity contribution in [2.75, 3.05) is 0 Å². The van der Waals surface area contributed by atoms with Crippen molar-refractivity contribution in [3.8, 4) is 5.75 Å². The number of nitrogens with one attached hydrogen (secondary N) is 1. The van der Waals surface area contributed by atoms with Crippen LogP contribution in [0.1, 0.15) is 11.1 Å². The van der Waals surface area contributed by atoms with Crippen LogP contribution in [0.2, 0.25) is 15.1 Å². The van der Waals surface area contributed by atoms with E-state index in [9.17, 15) is 9.90 Å². The Bertz CT molecular complexity index is 715. The van der Waals surface area contributed by atoms with Crippen LogP contribution in [0.15, 0.2) is 41.5 Å². The summed E-state index contributed by atoms with van der Waals surface area (Å²) in [6.07, 6.45) is 1.47. The maximum Gasteiger partial charge on any atom is 0.244 e. The number of amides is 1. The second-order valence-corrected chi connectivity index (χ2v) is 5.59. The number of hydrogen-bond donors (Lipinski definition) is 2. The van der Waals surface area contributed by atoms with Gasteiger partial charge in [-0.3, -0.25) is 4.79 Å². The molecule has 2 aromatic rings. The van der Waals surface area contributed by atoms with Crippen molar-refractivity contribution in [3.63, 3.8) is 0 Å². The molecule has 0 radical (unpaired) electrons. The number of hydrogen-bond acceptors (Lipinski definition) is 3. The van der Waals surface area contributed by atoms with Gasteiger partial charge in [-0.1, -0.05) is 46.9 Å². The van der Waals surface area contributed by atoms with Gasteiger partial charge in [0, 0.05) is 5.56 Å². The molecule has 0 aromatic heterocycles. The topological polar surface area (TPSA) is 61.7 Å². The van der Waals surface area contributed by atoms with Gasteiger partial charge in [0.25, 0.3) is 0 Å². The summed E-state index contributed by atoms with van der Waals surface area (Å²) in [5.41, 5.74) is 3.56. The van der Waals surface area contributed by atoms with E-state index in [2.05, 4.69) is 10.5 Å². The molecule has 2 aromatic carbocycles. The normalized spacial score (nSPS) is 10.9. The van der Waals surface area contributed by atoms with Crippen LogP contribution in [-0.4, -0.2) is 17.2 Å². The summed E-state index contributed by atoms with van der Waals surface area (Å²) in [5.74, 6) is -0.163. The molecule has 0 fully saturated rings. The molecule has 2 rings (SSSR count). The lowest BCUT2D eigenvalue weighted by atomic mass is 10.1. The second kappa shape index (κ2) is 7.49. The minimum Gasteiger partial charge on any atom is -0.508 e. The third-order valence-electron chi connectivity index (χ3n) is 2.76. The summed E-state index contributed by atoms with van der Waals surface area (Å²) in [7, 11) is 0. The molecule has 2 N–H and O–H groups in total. The van der Waals surface area contributed by atoms with Crippen LogP contribution in [0.3, 0.4) is 0 Å². The molecule has 1 amide bonds. The summed E-state index contributed by atoms with van der Waals surface area (Å²) >= 11 is 17.9. The Morgan fingerprint density at radius 1 is 1.09 bits per heavy atom. The molecule has 0 heterocycles. The summed E-state index contributed by atoms with van der Waals surface area (Å²) in [4.78, 5) is 11.7. The zero-order chi connectivity index (χ0) is 16.1. The highest BCUT2D eigenvalue weighted by Crippen LogP contribution is 2.29. The van der Waals surface area contributed by atoms with Crippen molar-refractivity contribution >= 4 is 46.9 Å². The van der Waals surface area contributed by atoms with Gasteiger partial charge in [-0.15, -0.1) is 0 Å². The van der Waals surface area contributed by atoms with Gasteiger partial charge in [0.05, 0.1) is 27.7 Å². The van der Waals surface area contributed by atoms with Crippen molar-refractivity contribution < 1.29 is 9.90 Å². The van der Waals surface area contributed by atoms with Crippen LogP contribution >= 0.6 is 34.8 Å². The third-order valence-corrected chi connectivity index (χ3v) is 3.91. The zero-order valence-corrected chi connectivity index (χ0v) is 13.5. The molecule has 0 atom stereocenters. The third kappa shape index (κ3) is 4.37. The summed E-state index contributed by atoms with van der Waals surface area (Å²) in [5, 5.41) is 14.0. The van der Waals surface area contributed by atoms with Gasteiger partial charge in [-0.25, -0.2) is 5.43 Å². The van der Waals surface area contributed by atoms with E-state index in [1.54, 1.807) is 24.3 Å². The zero-order valence-electron chi connectivity index (χ0n) is 11.2. The Kier molecular flexibility index (Phi) is 5.66. The van der Waals surface area contributed by atoms with Crippen molar-refractivity contribution in [2.24, 2.45) is 5.10 Å². The first-order valence-corrected chi connectivity index (χ1v) is 7.34. The second-order valence-electron chi connectivity index (χ2n) is 4.39. The van der Waals surface area contributed by atoms with E-state index >= 15 is 0 Å². The Morgan fingerprint density at radius 2 is 1.73 bits per heavy atom. The molecule has 0 bridgehead atoms. The highest BCUT2D eigenvalue weighted by Gasteiger charge is 2.08. The van der Waals surface area contributed by atoms with E-state index in [1.807, 2.05) is 0 Å². The Labute approximate surface area is 142 Å².